The Labute approximate surface area is 164 Å². The molecule has 0 saturated carbocycles. The van der Waals surface area contributed by atoms with E-state index in [1.165, 1.54) is 5.57 Å². The molecule has 1 aromatic carbocycles. The lowest BCUT2D eigenvalue weighted by Crippen LogP contribution is -2.47. The normalized spacial score (nSPS) is 34.0. The van der Waals surface area contributed by atoms with Gasteiger partial charge in [-0.05, 0) is 42.0 Å². The average molecular weight is 379 g/mol. The minimum atomic E-state index is -0.607. The summed E-state index contributed by atoms with van der Waals surface area (Å²) in [6.07, 6.45) is 7.25. The standard InChI is InChI=1S/C23H25NO4/c25-22-23(14-28-21-12-20-16(7-10-27-20)11-18(21)23)17-3-1-2-4-19(17)24(22)13-15-5-8-26-9-6-15/h1-4,11-12,15,18,21H,5-10,13-14H2. The lowest BCUT2D eigenvalue weighted by molar-refractivity contribution is -0.124. The lowest BCUT2D eigenvalue weighted by atomic mass is 9.69. The minimum Gasteiger partial charge on any atom is -0.493 e. The number of ether oxygens (including phenoxy) is 3. The van der Waals surface area contributed by atoms with Crippen LogP contribution in [0.5, 0.6) is 0 Å². The number of rotatable bonds is 2. The van der Waals surface area contributed by atoms with E-state index in [1.54, 1.807) is 0 Å². The van der Waals surface area contributed by atoms with E-state index in [4.69, 9.17) is 14.2 Å². The van der Waals surface area contributed by atoms with Crippen LogP contribution in [0.15, 0.2) is 47.7 Å². The fourth-order valence-corrected chi connectivity index (χ4v) is 5.65. The lowest BCUT2D eigenvalue weighted by Gasteiger charge is -2.32. The van der Waals surface area contributed by atoms with E-state index in [-0.39, 0.29) is 17.9 Å². The third-order valence-electron chi connectivity index (χ3n) is 7.15. The molecular weight excluding hydrogens is 354 g/mol. The highest BCUT2D eigenvalue weighted by Crippen LogP contribution is 2.54. The van der Waals surface area contributed by atoms with E-state index >= 15 is 0 Å². The van der Waals surface area contributed by atoms with Crippen molar-refractivity contribution in [2.45, 2.75) is 30.8 Å². The Morgan fingerprint density at radius 3 is 2.86 bits per heavy atom. The fourth-order valence-electron chi connectivity index (χ4n) is 5.65. The van der Waals surface area contributed by atoms with Crippen molar-refractivity contribution in [1.82, 2.24) is 0 Å². The van der Waals surface area contributed by atoms with Gasteiger partial charge >= 0.3 is 0 Å². The number of nitrogens with zero attached hydrogens (tertiary/aromatic N) is 1. The monoisotopic (exact) mass is 379 g/mol. The van der Waals surface area contributed by atoms with Crippen molar-refractivity contribution < 1.29 is 19.0 Å². The Hall–Kier alpha value is -2.11. The smallest absolute Gasteiger partial charge is 0.240 e. The molecule has 5 nitrogen and oxygen atoms in total. The molecule has 146 valence electrons. The maximum absolute atomic E-state index is 13.9. The second kappa shape index (κ2) is 6.19. The van der Waals surface area contributed by atoms with Gasteiger partial charge in [-0.25, -0.2) is 0 Å². The SMILES string of the molecule is O=C1N(CC2CCOCC2)c2ccccc2C12COC1C=C3OCCC3=CC12. The number of fused-ring (bicyclic) bond motifs is 5. The Kier molecular flexibility index (Phi) is 3.72. The highest BCUT2D eigenvalue weighted by Gasteiger charge is 2.61. The van der Waals surface area contributed by atoms with Crippen LogP contribution in [0.25, 0.3) is 0 Å². The van der Waals surface area contributed by atoms with E-state index in [0.29, 0.717) is 12.5 Å². The summed E-state index contributed by atoms with van der Waals surface area (Å²) in [5.41, 5.74) is 2.83. The molecule has 3 saturated heterocycles. The Bertz CT molecular complexity index is 884. The summed E-state index contributed by atoms with van der Waals surface area (Å²) >= 11 is 0. The molecule has 0 aromatic heterocycles. The molecule has 6 rings (SSSR count). The van der Waals surface area contributed by atoms with Crippen LogP contribution >= 0.6 is 0 Å². The van der Waals surface area contributed by atoms with Gasteiger partial charge in [0, 0.05) is 37.8 Å². The largest absolute Gasteiger partial charge is 0.493 e. The summed E-state index contributed by atoms with van der Waals surface area (Å²) in [4.78, 5) is 16.0. The van der Waals surface area contributed by atoms with Crippen molar-refractivity contribution in [2.24, 2.45) is 11.8 Å². The highest BCUT2D eigenvalue weighted by molar-refractivity contribution is 6.09. The number of allylic oxidation sites excluding steroid dienone is 1. The van der Waals surface area contributed by atoms with Gasteiger partial charge in [-0.3, -0.25) is 4.79 Å². The molecule has 1 aromatic rings. The maximum Gasteiger partial charge on any atom is 0.240 e. The Balaban J connectivity index is 1.40. The van der Waals surface area contributed by atoms with Gasteiger partial charge in [0.1, 0.15) is 11.2 Å². The molecular formula is C23H25NO4. The molecule has 3 atom stereocenters. The number of para-hydroxylation sites is 1. The molecule has 1 aliphatic carbocycles. The number of amides is 1. The summed E-state index contributed by atoms with van der Waals surface area (Å²) in [7, 11) is 0. The third-order valence-corrected chi connectivity index (χ3v) is 7.15. The van der Waals surface area contributed by atoms with Gasteiger partial charge in [0.2, 0.25) is 5.91 Å². The molecule has 4 heterocycles. The van der Waals surface area contributed by atoms with Crippen LogP contribution in [-0.4, -0.2) is 45.0 Å². The second-order valence-corrected chi connectivity index (χ2v) is 8.58. The molecule has 4 aliphatic heterocycles. The van der Waals surface area contributed by atoms with Gasteiger partial charge in [-0.15, -0.1) is 0 Å². The van der Waals surface area contributed by atoms with Crippen molar-refractivity contribution in [3.63, 3.8) is 0 Å². The van der Waals surface area contributed by atoms with Gasteiger partial charge in [0.05, 0.1) is 19.3 Å². The highest BCUT2D eigenvalue weighted by atomic mass is 16.5. The number of carbonyl (C=O) groups is 1. The van der Waals surface area contributed by atoms with Gasteiger partial charge in [0.25, 0.3) is 0 Å². The molecule has 5 aliphatic rings. The van der Waals surface area contributed by atoms with Gasteiger partial charge < -0.3 is 19.1 Å². The van der Waals surface area contributed by atoms with E-state index in [1.807, 2.05) is 11.0 Å². The first-order chi connectivity index (χ1) is 13.8. The van der Waals surface area contributed by atoms with Gasteiger partial charge in [-0.1, -0.05) is 24.3 Å². The molecule has 3 fully saturated rings. The minimum absolute atomic E-state index is 0.0429. The molecule has 0 N–H and O–H groups in total. The van der Waals surface area contributed by atoms with Crippen LogP contribution < -0.4 is 4.90 Å². The van der Waals surface area contributed by atoms with E-state index < -0.39 is 5.41 Å². The summed E-state index contributed by atoms with van der Waals surface area (Å²) < 4.78 is 17.5. The second-order valence-electron chi connectivity index (χ2n) is 8.58. The number of hydrogen-bond donors (Lipinski definition) is 0. The first kappa shape index (κ1) is 16.8. The topological polar surface area (TPSA) is 48.0 Å². The molecule has 1 spiro atoms. The van der Waals surface area contributed by atoms with Crippen LogP contribution in [-0.2, 0) is 24.4 Å². The van der Waals surface area contributed by atoms with E-state index in [0.717, 1.165) is 62.6 Å². The first-order valence-electron chi connectivity index (χ1n) is 10.4. The first-order valence-corrected chi connectivity index (χ1v) is 10.4. The van der Waals surface area contributed by atoms with Crippen molar-refractivity contribution in [3.8, 4) is 0 Å². The van der Waals surface area contributed by atoms with Crippen LogP contribution in [0.1, 0.15) is 24.8 Å². The number of benzene rings is 1. The van der Waals surface area contributed by atoms with Gasteiger partial charge in [-0.2, -0.15) is 0 Å². The molecule has 3 unspecified atom stereocenters. The van der Waals surface area contributed by atoms with Crippen LogP contribution in [0, 0.1) is 11.8 Å². The van der Waals surface area contributed by atoms with Crippen molar-refractivity contribution >= 4 is 11.6 Å². The van der Waals surface area contributed by atoms with Crippen LogP contribution in [0.3, 0.4) is 0 Å². The quantitative estimate of drug-likeness (QED) is 0.793. The summed E-state index contributed by atoms with van der Waals surface area (Å²) in [6, 6.07) is 8.32. The van der Waals surface area contributed by atoms with Crippen LogP contribution in [0.2, 0.25) is 0 Å². The van der Waals surface area contributed by atoms with Crippen molar-refractivity contribution in [2.75, 3.05) is 37.9 Å². The van der Waals surface area contributed by atoms with Crippen molar-refractivity contribution in [3.05, 3.63) is 53.3 Å². The summed E-state index contributed by atoms with van der Waals surface area (Å²) in [5, 5.41) is 0. The maximum atomic E-state index is 13.9. The zero-order valence-electron chi connectivity index (χ0n) is 15.9. The summed E-state index contributed by atoms with van der Waals surface area (Å²) in [5.74, 6) is 1.70. The predicted octanol–water partition coefficient (Wildman–Crippen LogP) is 2.96. The van der Waals surface area contributed by atoms with E-state index in [2.05, 4.69) is 30.4 Å². The fraction of sp³-hybridized carbons (Fsp3) is 0.522. The molecule has 1 amide bonds. The zero-order valence-corrected chi connectivity index (χ0v) is 15.9. The molecule has 0 radical (unpaired) electrons. The van der Waals surface area contributed by atoms with Gasteiger partial charge in [0.15, 0.2) is 0 Å². The molecule has 0 bridgehead atoms. The number of anilines is 1. The molecule has 28 heavy (non-hydrogen) atoms. The van der Waals surface area contributed by atoms with Crippen LogP contribution in [0.4, 0.5) is 5.69 Å². The Morgan fingerprint density at radius 2 is 1.96 bits per heavy atom. The predicted molar refractivity (Wildman–Crippen MR) is 104 cm³/mol. The Morgan fingerprint density at radius 1 is 1.11 bits per heavy atom. The zero-order chi connectivity index (χ0) is 18.7. The van der Waals surface area contributed by atoms with E-state index in [9.17, 15) is 4.79 Å². The third kappa shape index (κ3) is 2.23. The number of carbonyl (C=O) groups excluding carboxylic acids is 1. The number of hydrogen-bond acceptors (Lipinski definition) is 4. The molecule has 5 heteroatoms. The summed E-state index contributed by atoms with van der Waals surface area (Å²) in [6.45, 7) is 3.54. The van der Waals surface area contributed by atoms with Crippen molar-refractivity contribution in [1.29, 1.82) is 0 Å². The average Bonchev–Trinajstić information content (AvgIpc) is 3.40.